The van der Waals surface area contributed by atoms with Gasteiger partial charge in [-0.15, -0.1) is 0 Å². The van der Waals surface area contributed by atoms with Crippen molar-refractivity contribution in [1.29, 1.82) is 0 Å². The Labute approximate surface area is 141 Å². The minimum Gasteiger partial charge on any atom is -0.350 e. The van der Waals surface area contributed by atoms with Gasteiger partial charge in [0.2, 0.25) is 5.91 Å². The van der Waals surface area contributed by atoms with Gasteiger partial charge in [0.1, 0.15) is 5.82 Å². The molecule has 0 fully saturated rings. The summed E-state index contributed by atoms with van der Waals surface area (Å²) in [7, 11) is 0. The Morgan fingerprint density at radius 1 is 1.08 bits per heavy atom. The zero-order valence-corrected chi connectivity index (χ0v) is 13.9. The van der Waals surface area contributed by atoms with Crippen LogP contribution in [0.4, 0.5) is 4.39 Å². The maximum atomic E-state index is 12.9. The largest absolute Gasteiger partial charge is 0.350 e. The van der Waals surface area contributed by atoms with E-state index >= 15 is 0 Å². The van der Waals surface area contributed by atoms with E-state index < -0.39 is 0 Å². The normalized spacial score (nSPS) is 10.3. The van der Waals surface area contributed by atoms with Crippen molar-refractivity contribution in [2.24, 2.45) is 0 Å². The van der Waals surface area contributed by atoms with E-state index in [1.54, 1.807) is 4.90 Å². The van der Waals surface area contributed by atoms with Gasteiger partial charge in [-0.1, -0.05) is 24.3 Å². The summed E-state index contributed by atoms with van der Waals surface area (Å²) in [5.41, 5.74) is 2.60. The van der Waals surface area contributed by atoms with Crippen molar-refractivity contribution >= 4 is 11.8 Å². The fourth-order valence-electron chi connectivity index (χ4n) is 2.35. The van der Waals surface area contributed by atoms with Gasteiger partial charge < -0.3 is 10.2 Å². The van der Waals surface area contributed by atoms with Crippen LogP contribution in [0.25, 0.3) is 0 Å². The number of amides is 2. The molecule has 0 aliphatic heterocycles. The third-order valence-corrected chi connectivity index (χ3v) is 3.84. The third-order valence-electron chi connectivity index (χ3n) is 3.84. The fraction of sp³-hybridized carbons (Fsp3) is 0.263. The summed E-state index contributed by atoms with van der Waals surface area (Å²) in [6.45, 7) is 4.77. The van der Waals surface area contributed by atoms with Gasteiger partial charge in [0.25, 0.3) is 5.91 Å². The van der Waals surface area contributed by atoms with Gasteiger partial charge in [-0.05, 0) is 42.3 Å². The van der Waals surface area contributed by atoms with Gasteiger partial charge >= 0.3 is 0 Å². The molecule has 0 spiro atoms. The van der Waals surface area contributed by atoms with Gasteiger partial charge in [0.15, 0.2) is 0 Å². The van der Waals surface area contributed by atoms with E-state index in [0.29, 0.717) is 25.2 Å². The molecule has 0 saturated heterocycles. The van der Waals surface area contributed by atoms with E-state index in [2.05, 4.69) is 5.32 Å². The molecule has 0 aromatic heterocycles. The van der Waals surface area contributed by atoms with Crippen LogP contribution in [0.5, 0.6) is 0 Å². The second-order valence-corrected chi connectivity index (χ2v) is 5.63. The van der Waals surface area contributed by atoms with Crippen LogP contribution in [0, 0.1) is 12.7 Å². The summed E-state index contributed by atoms with van der Waals surface area (Å²) in [6, 6.07) is 13.2. The predicted molar refractivity (Wildman–Crippen MR) is 91.0 cm³/mol. The van der Waals surface area contributed by atoms with Crippen molar-refractivity contribution in [3.63, 3.8) is 0 Å². The highest BCUT2D eigenvalue weighted by Crippen LogP contribution is 2.10. The molecule has 4 nitrogen and oxygen atoms in total. The number of benzene rings is 2. The van der Waals surface area contributed by atoms with Gasteiger partial charge in [-0.3, -0.25) is 9.59 Å². The van der Waals surface area contributed by atoms with Gasteiger partial charge in [-0.25, -0.2) is 4.39 Å². The van der Waals surface area contributed by atoms with Crippen molar-refractivity contribution < 1.29 is 14.0 Å². The van der Waals surface area contributed by atoms with Crippen molar-refractivity contribution in [1.82, 2.24) is 10.2 Å². The van der Waals surface area contributed by atoms with Crippen LogP contribution in [-0.2, 0) is 11.3 Å². The van der Waals surface area contributed by atoms with Crippen LogP contribution in [-0.4, -0.2) is 29.8 Å². The average molecular weight is 328 g/mol. The quantitative estimate of drug-likeness (QED) is 0.886. The highest BCUT2D eigenvalue weighted by Gasteiger charge is 2.12. The molecule has 0 atom stereocenters. The van der Waals surface area contributed by atoms with Crippen molar-refractivity contribution in [2.75, 3.05) is 13.1 Å². The molecule has 2 rings (SSSR count). The van der Waals surface area contributed by atoms with Crippen molar-refractivity contribution in [3.8, 4) is 0 Å². The molecule has 126 valence electrons. The van der Waals surface area contributed by atoms with E-state index in [-0.39, 0.29) is 17.6 Å². The molecule has 0 aliphatic carbocycles. The number of nitrogens with zero attached hydrogens (tertiary/aromatic N) is 1. The minimum atomic E-state index is -0.382. The average Bonchev–Trinajstić information content (AvgIpc) is 2.56. The molecule has 0 bridgehead atoms. The minimum absolute atomic E-state index is 0.0470. The summed E-state index contributed by atoms with van der Waals surface area (Å²) < 4.78 is 12.9. The van der Waals surface area contributed by atoms with E-state index in [1.165, 1.54) is 31.2 Å². The van der Waals surface area contributed by atoms with Crippen LogP contribution in [0.15, 0.2) is 48.5 Å². The first-order chi connectivity index (χ1) is 11.5. The number of nitrogens with one attached hydrogen (secondary N) is 1. The number of aryl methyl sites for hydroxylation is 1. The topological polar surface area (TPSA) is 49.4 Å². The maximum Gasteiger partial charge on any atom is 0.251 e. The summed E-state index contributed by atoms with van der Waals surface area (Å²) in [4.78, 5) is 25.5. The summed E-state index contributed by atoms with van der Waals surface area (Å²) in [5.74, 6) is -0.712. The monoisotopic (exact) mass is 328 g/mol. The molecule has 0 saturated carbocycles. The van der Waals surface area contributed by atoms with E-state index in [0.717, 1.165) is 11.1 Å². The number of rotatable bonds is 6. The van der Waals surface area contributed by atoms with E-state index in [1.807, 2.05) is 31.2 Å². The maximum absolute atomic E-state index is 12.9. The lowest BCUT2D eigenvalue weighted by atomic mass is 10.1. The zero-order valence-electron chi connectivity index (χ0n) is 13.9. The molecule has 1 N–H and O–H groups in total. The first kappa shape index (κ1) is 17.7. The lowest BCUT2D eigenvalue weighted by molar-refractivity contribution is -0.129. The Morgan fingerprint density at radius 2 is 1.75 bits per heavy atom. The lowest BCUT2D eigenvalue weighted by Gasteiger charge is -2.22. The Kier molecular flexibility index (Phi) is 6.07. The van der Waals surface area contributed by atoms with Crippen LogP contribution < -0.4 is 5.32 Å². The summed E-state index contributed by atoms with van der Waals surface area (Å²) in [6.07, 6.45) is 0. The zero-order chi connectivity index (χ0) is 17.5. The van der Waals surface area contributed by atoms with E-state index in [4.69, 9.17) is 0 Å². The third kappa shape index (κ3) is 4.91. The summed E-state index contributed by atoms with van der Waals surface area (Å²) >= 11 is 0. The fourth-order valence-corrected chi connectivity index (χ4v) is 2.35. The molecule has 2 aromatic carbocycles. The van der Waals surface area contributed by atoms with Crippen molar-refractivity contribution in [2.45, 2.75) is 20.4 Å². The number of halogens is 1. The smallest absolute Gasteiger partial charge is 0.251 e. The molecule has 0 aliphatic rings. The Bertz CT molecular complexity index is 714. The number of hydrogen-bond donors (Lipinski definition) is 1. The SMILES string of the molecule is CC(=O)N(CCNC(=O)c1ccc(F)cc1)Cc1ccccc1C. The molecule has 5 heteroatoms. The number of carbonyl (C=O) groups excluding carboxylic acids is 2. The van der Waals surface area contributed by atoms with Gasteiger partial charge in [0, 0.05) is 32.1 Å². The standard InChI is InChI=1S/C19H21FN2O2/c1-14-5-3-4-6-17(14)13-22(15(2)23)12-11-21-19(24)16-7-9-18(20)10-8-16/h3-10H,11-13H2,1-2H3,(H,21,24). The van der Waals surface area contributed by atoms with Gasteiger partial charge in [-0.2, -0.15) is 0 Å². The first-order valence-electron chi connectivity index (χ1n) is 7.81. The highest BCUT2D eigenvalue weighted by molar-refractivity contribution is 5.94. The van der Waals surface area contributed by atoms with Gasteiger partial charge in [0.05, 0.1) is 0 Å². The molecule has 24 heavy (non-hydrogen) atoms. The first-order valence-corrected chi connectivity index (χ1v) is 7.81. The van der Waals surface area contributed by atoms with Crippen LogP contribution in [0.3, 0.4) is 0 Å². The Hall–Kier alpha value is -2.69. The number of hydrogen-bond acceptors (Lipinski definition) is 2. The molecule has 0 radical (unpaired) electrons. The van der Waals surface area contributed by atoms with E-state index in [9.17, 15) is 14.0 Å². The Balaban J connectivity index is 1.90. The number of carbonyl (C=O) groups is 2. The lowest BCUT2D eigenvalue weighted by Crippen LogP contribution is -2.37. The second kappa shape index (κ2) is 8.24. The van der Waals surface area contributed by atoms with Crippen LogP contribution in [0.2, 0.25) is 0 Å². The Morgan fingerprint density at radius 3 is 2.38 bits per heavy atom. The predicted octanol–water partition coefficient (Wildman–Crippen LogP) is 2.91. The van der Waals surface area contributed by atoms with Crippen molar-refractivity contribution in [3.05, 3.63) is 71.0 Å². The molecular formula is C19H21FN2O2. The molecule has 0 unspecified atom stereocenters. The molecular weight excluding hydrogens is 307 g/mol. The van der Waals surface area contributed by atoms with Crippen LogP contribution in [0.1, 0.15) is 28.4 Å². The van der Waals surface area contributed by atoms with Crippen LogP contribution >= 0.6 is 0 Å². The second-order valence-electron chi connectivity index (χ2n) is 5.63. The molecule has 2 amide bonds. The highest BCUT2D eigenvalue weighted by atomic mass is 19.1. The molecule has 0 heterocycles. The molecule has 2 aromatic rings. The summed E-state index contributed by atoms with van der Waals surface area (Å²) in [5, 5.41) is 2.75.